The number of hydrogen-bond donors (Lipinski definition) is 5. The van der Waals surface area contributed by atoms with Crippen molar-refractivity contribution in [1.82, 2.24) is 10.8 Å². The van der Waals surface area contributed by atoms with Crippen LogP contribution in [0.5, 0.6) is 11.5 Å². The largest absolute Gasteiger partial charge is 0.493 e. The highest BCUT2D eigenvalue weighted by Crippen LogP contribution is 2.45. The highest BCUT2D eigenvalue weighted by atomic mass is 35.5. The van der Waals surface area contributed by atoms with Crippen molar-refractivity contribution in [2.75, 3.05) is 25.1 Å². The Morgan fingerprint density at radius 1 is 0.812 bits per heavy atom. The fourth-order valence-electron chi connectivity index (χ4n) is 5.47. The number of anilines is 1. The Morgan fingerprint density at radius 3 is 2.04 bits per heavy atom. The van der Waals surface area contributed by atoms with Crippen LogP contribution in [0.15, 0.2) is 97.1 Å². The molecule has 10 nitrogen and oxygen atoms in total. The standard InChI is InChI=1S/C37H38N4O6.ClH/c1-2-21-46-31-18-16-24-9-3-5-13-28(24)34(31)35-29-14-6-4-10-25(29)17-19-32(35)47-23-33(42)40-30(15-8-20-38)37(44)39-27-12-7-11-26(22-27)36(43)41-45;/h3-7,9-14,16-19,22,30,45H,2,8,15,20-21,23,38H2,1H3,(H,39,44)(H,40,42)(H,41,43);1H/t30-;/m1./s1. The number of amides is 3. The molecule has 0 saturated heterocycles. The Morgan fingerprint density at radius 2 is 1.44 bits per heavy atom. The molecule has 5 aromatic rings. The van der Waals surface area contributed by atoms with Gasteiger partial charge < -0.3 is 25.8 Å². The zero-order valence-corrected chi connectivity index (χ0v) is 27.3. The van der Waals surface area contributed by atoms with Crippen molar-refractivity contribution in [3.05, 3.63) is 103 Å². The van der Waals surface area contributed by atoms with E-state index < -0.39 is 23.8 Å². The lowest BCUT2D eigenvalue weighted by Crippen LogP contribution is -2.45. The molecule has 5 rings (SSSR count). The highest BCUT2D eigenvalue weighted by molar-refractivity contribution is 6.10. The number of nitrogens with two attached hydrogens (primary N) is 1. The molecule has 250 valence electrons. The van der Waals surface area contributed by atoms with Crippen LogP contribution in [0.25, 0.3) is 32.7 Å². The lowest BCUT2D eigenvalue weighted by Gasteiger charge is -2.21. The van der Waals surface area contributed by atoms with Gasteiger partial charge in [0.05, 0.1) is 6.61 Å². The van der Waals surface area contributed by atoms with Gasteiger partial charge in [-0.1, -0.05) is 73.7 Å². The predicted octanol–water partition coefficient (Wildman–Crippen LogP) is 6.23. The van der Waals surface area contributed by atoms with Gasteiger partial charge in [-0.3, -0.25) is 19.6 Å². The molecule has 0 aliphatic carbocycles. The van der Waals surface area contributed by atoms with Gasteiger partial charge >= 0.3 is 0 Å². The zero-order chi connectivity index (χ0) is 33.2. The third-order valence-electron chi connectivity index (χ3n) is 7.69. The van der Waals surface area contributed by atoms with Gasteiger partial charge in [-0.25, -0.2) is 5.48 Å². The molecule has 0 aromatic heterocycles. The number of hydroxylamine groups is 1. The Balaban J connectivity index is 0.00000520. The van der Waals surface area contributed by atoms with E-state index in [0.29, 0.717) is 37.4 Å². The van der Waals surface area contributed by atoms with Crippen LogP contribution in [0.4, 0.5) is 5.69 Å². The molecule has 0 unspecified atom stereocenters. The van der Waals surface area contributed by atoms with Crippen LogP contribution in [-0.4, -0.2) is 48.7 Å². The van der Waals surface area contributed by atoms with E-state index >= 15 is 0 Å². The Labute approximate surface area is 285 Å². The molecule has 48 heavy (non-hydrogen) atoms. The molecule has 11 heteroatoms. The zero-order valence-electron chi connectivity index (χ0n) is 26.5. The molecule has 0 heterocycles. The molecule has 0 saturated carbocycles. The molecule has 1 atom stereocenters. The number of rotatable bonds is 14. The third-order valence-corrected chi connectivity index (χ3v) is 7.69. The van der Waals surface area contributed by atoms with Crippen molar-refractivity contribution in [2.45, 2.75) is 32.2 Å². The predicted molar refractivity (Wildman–Crippen MR) is 190 cm³/mol. The number of carbonyl (C=O) groups excluding carboxylic acids is 3. The molecule has 0 radical (unpaired) electrons. The van der Waals surface area contributed by atoms with Gasteiger partial charge in [-0.05, 0) is 77.7 Å². The fraction of sp³-hybridized carbons (Fsp3) is 0.216. The second kappa shape index (κ2) is 17.1. The molecular weight excluding hydrogens is 632 g/mol. The van der Waals surface area contributed by atoms with Gasteiger partial charge in [0.1, 0.15) is 17.5 Å². The molecule has 0 spiro atoms. The second-order valence-electron chi connectivity index (χ2n) is 11.0. The summed E-state index contributed by atoms with van der Waals surface area (Å²) in [4.78, 5) is 38.4. The lowest BCUT2D eigenvalue weighted by atomic mass is 9.92. The van der Waals surface area contributed by atoms with Crippen molar-refractivity contribution in [3.63, 3.8) is 0 Å². The van der Waals surface area contributed by atoms with Gasteiger partial charge in [-0.15, -0.1) is 12.4 Å². The van der Waals surface area contributed by atoms with Crippen LogP contribution < -0.4 is 31.3 Å². The maximum absolute atomic E-state index is 13.3. The van der Waals surface area contributed by atoms with E-state index in [9.17, 15) is 14.4 Å². The number of ether oxygens (including phenoxy) is 2. The number of hydrogen-bond acceptors (Lipinski definition) is 7. The average Bonchev–Trinajstić information content (AvgIpc) is 3.10. The van der Waals surface area contributed by atoms with Crippen molar-refractivity contribution >= 4 is 57.4 Å². The Bertz CT molecular complexity index is 1900. The third kappa shape index (κ3) is 8.40. The van der Waals surface area contributed by atoms with Gasteiger partial charge in [-0.2, -0.15) is 0 Å². The second-order valence-corrected chi connectivity index (χ2v) is 11.0. The van der Waals surface area contributed by atoms with E-state index in [2.05, 4.69) is 17.6 Å². The minimum Gasteiger partial charge on any atom is -0.493 e. The van der Waals surface area contributed by atoms with Crippen LogP contribution in [-0.2, 0) is 9.59 Å². The van der Waals surface area contributed by atoms with E-state index in [1.807, 2.05) is 72.8 Å². The van der Waals surface area contributed by atoms with E-state index in [-0.39, 0.29) is 24.6 Å². The maximum atomic E-state index is 13.3. The minimum absolute atomic E-state index is 0. The van der Waals surface area contributed by atoms with Crippen LogP contribution in [0.3, 0.4) is 0 Å². The first-order valence-electron chi connectivity index (χ1n) is 15.6. The summed E-state index contributed by atoms with van der Waals surface area (Å²) in [5.41, 5.74) is 9.45. The monoisotopic (exact) mass is 670 g/mol. The summed E-state index contributed by atoms with van der Waals surface area (Å²) in [6, 6.07) is 29.0. The molecule has 0 fully saturated rings. The summed E-state index contributed by atoms with van der Waals surface area (Å²) in [7, 11) is 0. The van der Waals surface area contributed by atoms with Gasteiger partial charge in [0.15, 0.2) is 6.61 Å². The highest BCUT2D eigenvalue weighted by Gasteiger charge is 2.23. The normalized spacial score (nSPS) is 11.3. The van der Waals surface area contributed by atoms with Crippen LogP contribution in [0.1, 0.15) is 36.5 Å². The Hall–Kier alpha value is -5.16. The van der Waals surface area contributed by atoms with E-state index in [0.717, 1.165) is 44.8 Å². The molecule has 0 bridgehead atoms. The van der Waals surface area contributed by atoms with Crippen molar-refractivity contribution in [1.29, 1.82) is 0 Å². The number of halogens is 1. The number of carbonyl (C=O) groups is 3. The van der Waals surface area contributed by atoms with Gasteiger partial charge in [0, 0.05) is 22.4 Å². The summed E-state index contributed by atoms with van der Waals surface area (Å²) in [5.74, 6) is -0.469. The van der Waals surface area contributed by atoms with E-state index in [4.69, 9.17) is 20.4 Å². The first-order valence-corrected chi connectivity index (χ1v) is 15.6. The topological polar surface area (TPSA) is 152 Å². The minimum atomic E-state index is -0.909. The fourth-order valence-corrected chi connectivity index (χ4v) is 5.47. The summed E-state index contributed by atoms with van der Waals surface area (Å²) in [5, 5.41) is 18.4. The summed E-state index contributed by atoms with van der Waals surface area (Å²) < 4.78 is 12.5. The molecule has 6 N–H and O–H groups in total. The maximum Gasteiger partial charge on any atom is 0.274 e. The van der Waals surface area contributed by atoms with Crippen molar-refractivity contribution in [2.24, 2.45) is 5.73 Å². The van der Waals surface area contributed by atoms with Gasteiger partial charge in [0.2, 0.25) is 5.91 Å². The van der Waals surface area contributed by atoms with Crippen LogP contribution in [0.2, 0.25) is 0 Å². The quantitative estimate of drug-likeness (QED) is 0.0694. The molecule has 3 amide bonds. The molecule has 0 aliphatic rings. The average molecular weight is 671 g/mol. The smallest absolute Gasteiger partial charge is 0.274 e. The Kier molecular flexibility index (Phi) is 12.7. The first kappa shape index (κ1) is 35.7. The summed E-state index contributed by atoms with van der Waals surface area (Å²) >= 11 is 0. The van der Waals surface area contributed by atoms with Crippen LogP contribution >= 0.6 is 12.4 Å². The van der Waals surface area contributed by atoms with E-state index in [1.54, 1.807) is 17.6 Å². The SMILES string of the molecule is CCCOc1ccc2ccccc2c1-c1c(OCC(=O)N[C@H](CCCN)C(=O)Nc2cccc(C(=O)NO)c2)ccc2ccccc12.Cl. The summed E-state index contributed by atoms with van der Waals surface area (Å²) in [6.45, 7) is 2.58. The molecular formula is C37H39ClN4O6. The van der Waals surface area contributed by atoms with Crippen molar-refractivity contribution in [3.8, 4) is 22.6 Å². The van der Waals surface area contributed by atoms with E-state index in [1.165, 1.54) is 12.1 Å². The first-order chi connectivity index (χ1) is 22.9. The summed E-state index contributed by atoms with van der Waals surface area (Å²) in [6.07, 6.45) is 1.62. The molecule has 5 aromatic carbocycles. The van der Waals surface area contributed by atoms with Gasteiger partial charge in [0.25, 0.3) is 11.8 Å². The van der Waals surface area contributed by atoms with Crippen LogP contribution in [0, 0.1) is 0 Å². The number of fused-ring (bicyclic) bond motifs is 2. The number of benzene rings is 5. The molecule has 0 aliphatic heterocycles. The van der Waals surface area contributed by atoms with Crippen molar-refractivity contribution < 1.29 is 29.1 Å². The lowest BCUT2D eigenvalue weighted by molar-refractivity contribution is -0.128. The number of nitrogens with one attached hydrogen (secondary N) is 3.